The van der Waals surface area contributed by atoms with Gasteiger partial charge in [-0.15, -0.1) is 0 Å². The van der Waals surface area contributed by atoms with E-state index in [-0.39, 0.29) is 31.1 Å². The maximum absolute atomic E-state index is 12.9. The standard InChI is InChI=1S/C12H18FNO3S/c1-18(16,17)7-6-12(8-14,9-15)10-2-4-11(13)5-3-10/h2-5,15H,6-9,14H2,1H3. The average Bonchev–Trinajstić information content (AvgIpc) is 2.32. The van der Waals surface area contributed by atoms with E-state index in [1.54, 1.807) is 0 Å². The Balaban J connectivity index is 3.02. The zero-order valence-electron chi connectivity index (χ0n) is 10.3. The molecule has 4 nitrogen and oxygen atoms in total. The van der Waals surface area contributed by atoms with Crippen LogP contribution in [0.3, 0.4) is 0 Å². The number of halogens is 1. The van der Waals surface area contributed by atoms with Crippen molar-refractivity contribution in [2.75, 3.05) is 25.2 Å². The van der Waals surface area contributed by atoms with Crippen molar-refractivity contribution in [3.63, 3.8) is 0 Å². The molecule has 0 aromatic heterocycles. The van der Waals surface area contributed by atoms with Crippen molar-refractivity contribution in [1.82, 2.24) is 0 Å². The largest absolute Gasteiger partial charge is 0.395 e. The van der Waals surface area contributed by atoms with Crippen LogP contribution >= 0.6 is 0 Å². The molecule has 0 saturated carbocycles. The van der Waals surface area contributed by atoms with E-state index in [1.807, 2.05) is 0 Å². The summed E-state index contributed by atoms with van der Waals surface area (Å²) in [5, 5.41) is 9.53. The Kier molecular flexibility index (Phi) is 4.84. The van der Waals surface area contributed by atoms with Gasteiger partial charge >= 0.3 is 0 Å². The van der Waals surface area contributed by atoms with E-state index < -0.39 is 15.3 Å². The van der Waals surface area contributed by atoms with Crippen LogP contribution in [0, 0.1) is 5.82 Å². The first-order valence-corrected chi connectivity index (χ1v) is 7.64. The summed E-state index contributed by atoms with van der Waals surface area (Å²) in [4.78, 5) is 0. The van der Waals surface area contributed by atoms with Crippen molar-refractivity contribution in [3.05, 3.63) is 35.6 Å². The molecule has 1 atom stereocenters. The monoisotopic (exact) mass is 275 g/mol. The summed E-state index contributed by atoms with van der Waals surface area (Å²) in [6.07, 6.45) is 1.35. The quantitative estimate of drug-likeness (QED) is 0.790. The van der Waals surface area contributed by atoms with Gasteiger partial charge in [-0.2, -0.15) is 0 Å². The second-order valence-electron chi connectivity index (χ2n) is 4.53. The lowest BCUT2D eigenvalue weighted by molar-refractivity contribution is 0.193. The molecule has 18 heavy (non-hydrogen) atoms. The lowest BCUT2D eigenvalue weighted by Crippen LogP contribution is -2.40. The van der Waals surface area contributed by atoms with Crippen molar-refractivity contribution in [1.29, 1.82) is 0 Å². The molecule has 0 spiro atoms. The predicted molar refractivity (Wildman–Crippen MR) is 68.5 cm³/mol. The van der Waals surface area contributed by atoms with Gasteiger partial charge in [0.1, 0.15) is 15.7 Å². The molecule has 0 aliphatic heterocycles. The van der Waals surface area contributed by atoms with Gasteiger partial charge in [0.05, 0.1) is 12.4 Å². The van der Waals surface area contributed by atoms with Gasteiger partial charge in [-0.25, -0.2) is 12.8 Å². The summed E-state index contributed by atoms with van der Waals surface area (Å²) in [7, 11) is -3.13. The third-order valence-electron chi connectivity index (χ3n) is 3.10. The van der Waals surface area contributed by atoms with Crippen LogP contribution < -0.4 is 5.73 Å². The minimum atomic E-state index is -3.13. The van der Waals surface area contributed by atoms with Crippen LogP contribution in [0.4, 0.5) is 4.39 Å². The molecule has 0 bridgehead atoms. The summed E-state index contributed by atoms with van der Waals surface area (Å²) in [6, 6.07) is 5.60. The molecule has 1 aromatic rings. The van der Waals surface area contributed by atoms with Gasteiger partial charge in [0.15, 0.2) is 0 Å². The molecule has 3 N–H and O–H groups in total. The molecule has 0 amide bonds. The Morgan fingerprint density at radius 1 is 1.33 bits per heavy atom. The molecular formula is C12H18FNO3S. The second-order valence-corrected chi connectivity index (χ2v) is 6.79. The molecular weight excluding hydrogens is 257 g/mol. The minimum Gasteiger partial charge on any atom is -0.395 e. The molecule has 0 heterocycles. The molecule has 1 rings (SSSR count). The molecule has 102 valence electrons. The van der Waals surface area contributed by atoms with E-state index in [0.717, 1.165) is 6.26 Å². The van der Waals surface area contributed by atoms with Crippen LogP contribution in [0.1, 0.15) is 12.0 Å². The van der Waals surface area contributed by atoms with Gasteiger partial charge in [0.2, 0.25) is 0 Å². The first kappa shape index (κ1) is 15.1. The number of hydrogen-bond acceptors (Lipinski definition) is 4. The summed E-state index contributed by atoms with van der Waals surface area (Å²) in [6.45, 7) is -0.171. The minimum absolute atomic E-state index is 0.0673. The van der Waals surface area contributed by atoms with E-state index in [1.165, 1.54) is 24.3 Å². The second kappa shape index (κ2) is 5.77. The van der Waals surface area contributed by atoms with Gasteiger partial charge in [0, 0.05) is 18.2 Å². The zero-order chi connectivity index (χ0) is 13.8. The van der Waals surface area contributed by atoms with Gasteiger partial charge in [0.25, 0.3) is 0 Å². The number of aliphatic hydroxyl groups excluding tert-OH is 1. The van der Waals surface area contributed by atoms with E-state index in [4.69, 9.17) is 5.73 Å². The highest BCUT2D eigenvalue weighted by Crippen LogP contribution is 2.27. The van der Waals surface area contributed by atoms with Gasteiger partial charge in [-0.3, -0.25) is 0 Å². The predicted octanol–water partition coefficient (Wildman–Crippen LogP) is 0.449. The highest BCUT2D eigenvalue weighted by Gasteiger charge is 2.31. The van der Waals surface area contributed by atoms with Crippen LogP contribution in [0.25, 0.3) is 0 Å². The number of hydrogen-bond donors (Lipinski definition) is 2. The molecule has 0 radical (unpaired) electrons. The fourth-order valence-electron chi connectivity index (χ4n) is 1.78. The number of benzene rings is 1. The highest BCUT2D eigenvalue weighted by atomic mass is 32.2. The van der Waals surface area contributed by atoms with Crippen LogP contribution in [-0.4, -0.2) is 38.7 Å². The van der Waals surface area contributed by atoms with Crippen molar-refractivity contribution in [2.24, 2.45) is 5.73 Å². The average molecular weight is 275 g/mol. The zero-order valence-corrected chi connectivity index (χ0v) is 11.1. The third kappa shape index (κ3) is 3.76. The van der Waals surface area contributed by atoms with Crippen molar-refractivity contribution >= 4 is 9.84 Å². The maximum atomic E-state index is 12.9. The Morgan fingerprint density at radius 3 is 2.28 bits per heavy atom. The van der Waals surface area contributed by atoms with Crippen molar-refractivity contribution in [2.45, 2.75) is 11.8 Å². The Hall–Kier alpha value is -0.980. The van der Waals surface area contributed by atoms with Crippen LogP contribution in [0.2, 0.25) is 0 Å². The molecule has 0 aliphatic rings. The van der Waals surface area contributed by atoms with Crippen molar-refractivity contribution < 1.29 is 17.9 Å². The maximum Gasteiger partial charge on any atom is 0.147 e. The summed E-state index contributed by atoms with van der Waals surface area (Å²) < 4.78 is 35.3. The summed E-state index contributed by atoms with van der Waals surface area (Å²) in [5.74, 6) is -0.451. The molecule has 0 saturated heterocycles. The highest BCUT2D eigenvalue weighted by molar-refractivity contribution is 7.90. The van der Waals surface area contributed by atoms with E-state index in [2.05, 4.69) is 0 Å². The first-order valence-electron chi connectivity index (χ1n) is 5.58. The van der Waals surface area contributed by atoms with Gasteiger partial charge in [-0.1, -0.05) is 12.1 Å². The summed E-state index contributed by atoms with van der Waals surface area (Å²) in [5.41, 5.74) is 5.48. The number of aliphatic hydroxyl groups is 1. The van der Waals surface area contributed by atoms with E-state index in [0.29, 0.717) is 5.56 Å². The lowest BCUT2D eigenvalue weighted by atomic mass is 9.79. The number of sulfone groups is 1. The van der Waals surface area contributed by atoms with Gasteiger partial charge < -0.3 is 10.8 Å². The fraction of sp³-hybridized carbons (Fsp3) is 0.500. The summed E-state index contributed by atoms with van der Waals surface area (Å²) >= 11 is 0. The number of rotatable bonds is 6. The molecule has 6 heteroatoms. The number of nitrogens with two attached hydrogens (primary N) is 1. The topological polar surface area (TPSA) is 80.4 Å². The van der Waals surface area contributed by atoms with Gasteiger partial charge in [-0.05, 0) is 24.1 Å². The fourth-order valence-corrected chi connectivity index (χ4v) is 2.54. The molecule has 1 unspecified atom stereocenters. The lowest BCUT2D eigenvalue weighted by Gasteiger charge is -2.30. The Labute approximate surface area is 107 Å². The van der Waals surface area contributed by atoms with Crippen LogP contribution in [0.15, 0.2) is 24.3 Å². The first-order chi connectivity index (χ1) is 8.33. The molecule has 0 fully saturated rings. The molecule has 1 aromatic carbocycles. The smallest absolute Gasteiger partial charge is 0.147 e. The Bertz CT molecular complexity index is 481. The SMILES string of the molecule is CS(=O)(=O)CCC(CN)(CO)c1ccc(F)cc1. The van der Waals surface area contributed by atoms with Crippen molar-refractivity contribution in [3.8, 4) is 0 Å². The normalized spacial score (nSPS) is 15.3. The Morgan fingerprint density at radius 2 is 1.89 bits per heavy atom. The van der Waals surface area contributed by atoms with E-state index >= 15 is 0 Å². The molecule has 0 aliphatic carbocycles. The third-order valence-corrected chi connectivity index (χ3v) is 4.05. The van der Waals surface area contributed by atoms with Crippen LogP contribution in [0.5, 0.6) is 0 Å². The van der Waals surface area contributed by atoms with E-state index in [9.17, 15) is 17.9 Å². The van der Waals surface area contributed by atoms with Crippen LogP contribution in [-0.2, 0) is 15.3 Å².